The molecule has 0 atom stereocenters. The molecule has 0 spiro atoms. The smallest absolute Gasteiger partial charge is 0.439 e. The van der Waals surface area contributed by atoms with Gasteiger partial charge in [-0.1, -0.05) is 5.16 Å². The van der Waals surface area contributed by atoms with E-state index in [9.17, 15) is 14.9 Å². The van der Waals surface area contributed by atoms with Crippen LogP contribution < -0.4 is 15.2 Å². The third kappa shape index (κ3) is 2.31. The van der Waals surface area contributed by atoms with Crippen LogP contribution in [0.15, 0.2) is 15.4 Å². The summed E-state index contributed by atoms with van der Waals surface area (Å²) >= 11 is 0. The van der Waals surface area contributed by atoms with E-state index in [1.165, 1.54) is 27.2 Å². The number of nitro groups is 1. The average Bonchev–Trinajstić information content (AvgIpc) is 2.98. The van der Waals surface area contributed by atoms with Crippen molar-refractivity contribution in [1.82, 2.24) is 20.1 Å². The first-order chi connectivity index (χ1) is 11.5. The first-order valence-corrected chi connectivity index (χ1v) is 6.60. The van der Waals surface area contributed by atoms with Crippen LogP contribution in [-0.2, 0) is 0 Å². The molecule has 2 aromatic heterocycles. The number of nitro benzene ring substituents is 1. The van der Waals surface area contributed by atoms with E-state index in [1.807, 2.05) is 0 Å². The van der Waals surface area contributed by atoms with Crippen LogP contribution in [-0.4, -0.2) is 39.3 Å². The summed E-state index contributed by atoms with van der Waals surface area (Å²) in [4.78, 5) is 32.8. The summed E-state index contributed by atoms with van der Waals surface area (Å²) in [6.45, 7) is 1.51. The lowest BCUT2D eigenvalue weighted by atomic mass is 10.0. The number of fused-ring (bicyclic) bond motifs is 1. The summed E-state index contributed by atoms with van der Waals surface area (Å²) in [5.74, 6) is -0.627. The van der Waals surface area contributed by atoms with E-state index < -0.39 is 10.7 Å². The van der Waals surface area contributed by atoms with Crippen molar-refractivity contribution in [3.8, 4) is 23.1 Å². The minimum absolute atomic E-state index is 0.00715. The molecular formula is C13H11N5O6. The van der Waals surface area contributed by atoms with Crippen LogP contribution in [0.5, 0.6) is 11.8 Å². The molecule has 11 nitrogen and oxygen atoms in total. The van der Waals surface area contributed by atoms with Crippen LogP contribution in [0, 0.1) is 17.0 Å². The molecule has 0 saturated carbocycles. The normalized spacial score (nSPS) is 10.8. The highest BCUT2D eigenvalue weighted by Crippen LogP contribution is 2.36. The summed E-state index contributed by atoms with van der Waals surface area (Å²) in [7, 11) is 2.76. The molecular weight excluding hydrogens is 322 g/mol. The molecule has 3 aromatic rings. The molecule has 1 aromatic carbocycles. The van der Waals surface area contributed by atoms with E-state index in [0.29, 0.717) is 0 Å². The highest BCUT2D eigenvalue weighted by atomic mass is 16.6. The average molecular weight is 333 g/mol. The second kappa shape index (κ2) is 5.61. The number of nitrogens with one attached hydrogen (secondary N) is 1. The fourth-order valence-corrected chi connectivity index (χ4v) is 2.33. The Bertz CT molecular complexity index is 1010. The molecule has 24 heavy (non-hydrogen) atoms. The predicted molar refractivity (Wildman–Crippen MR) is 80.2 cm³/mol. The highest BCUT2D eigenvalue weighted by Gasteiger charge is 2.25. The minimum Gasteiger partial charge on any atom is -0.477 e. The second-order valence-electron chi connectivity index (χ2n) is 4.71. The van der Waals surface area contributed by atoms with Crippen LogP contribution >= 0.6 is 0 Å². The van der Waals surface area contributed by atoms with Gasteiger partial charge in [0, 0.05) is 11.6 Å². The summed E-state index contributed by atoms with van der Waals surface area (Å²) in [5, 5.41) is 14.9. The lowest BCUT2D eigenvalue weighted by Gasteiger charge is -2.10. The number of aromatic nitrogens is 4. The zero-order valence-electron chi connectivity index (χ0n) is 12.8. The van der Waals surface area contributed by atoms with Crippen LogP contribution in [0.4, 0.5) is 5.69 Å². The number of rotatable bonds is 4. The summed E-state index contributed by atoms with van der Waals surface area (Å²) in [6.07, 6.45) is 0. The van der Waals surface area contributed by atoms with Crippen molar-refractivity contribution in [2.45, 2.75) is 6.92 Å². The maximum absolute atomic E-state index is 11.3. The van der Waals surface area contributed by atoms with E-state index in [1.54, 1.807) is 0 Å². The third-order valence-electron chi connectivity index (χ3n) is 3.39. The molecule has 0 unspecified atom stereocenters. The minimum atomic E-state index is -0.794. The van der Waals surface area contributed by atoms with Gasteiger partial charge in [-0.3, -0.25) is 19.6 Å². The maximum atomic E-state index is 11.3. The Morgan fingerprint density at radius 2 is 1.92 bits per heavy atom. The van der Waals surface area contributed by atoms with Crippen molar-refractivity contribution >= 4 is 16.7 Å². The van der Waals surface area contributed by atoms with Crippen LogP contribution in [0.1, 0.15) is 5.56 Å². The van der Waals surface area contributed by atoms with Crippen molar-refractivity contribution < 1.29 is 18.9 Å². The summed E-state index contributed by atoms with van der Waals surface area (Å²) in [5.41, 5.74) is 0.698. The standard InChI is InChI=1S/C13H11N5O6/c1-5-7(18(20)21)4-6-9(8(5)10-16-13(19)24-17-10)15-12(23-3)11(14-6)22-2/h4H,1-3H3,(H,16,17,19). The molecule has 0 aliphatic heterocycles. The molecule has 0 fully saturated rings. The Hall–Kier alpha value is -3.50. The molecule has 0 radical (unpaired) electrons. The number of nitrogens with zero attached hydrogens (tertiary/aromatic N) is 4. The molecule has 0 saturated heterocycles. The largest absolute Gasteiger partial charge is 0.477 e. The van der Waals surface area contributed by atoms with E-state index in [2.05, 4.69) is 24.6 Å². The lowest BCUT2D eigenvalue weighted by Crippen LogP contribution is -2.03. The summed E-state index contributed by atoms with van der Waals surface area (Å²) in [6, 6.07) is 1.27. The van der Waals surface area contributed by atoms with Gasteiger partial charge in [-0.05, 0) is 6.92 Å². The van der Waals surface area contributed by atoms with Gasteiger partial charge in [0.2, 0.25) is 0 Å². The Balaban J connectivity index is 2.47. The SMILES string of the molecule is COc1nc2cc([N+](=O)[O-])c(C)c(-c3noc(=O)[nH]3)c2nc1OC. The molecule has 11 heteroatoms. The van der Waals surface area contributed by atoms with Gasteiger partial charge in [0.15, 0.2) is 5.82 Å². The van der Waals surface area contributed by atoms with Crippen molar-refractivity contribution in [2.75, 3.05) is 14.2 Å². The highest BCUT2D eigenvalue weighted by molar-refractivity contribution is 5.94. The number of aromatic amines is 1. The van der Waals surface area contributed by atoms with Crippen molar-refractivity contribution in [3.63, 3.8) is 0 Å². The molecule has 0 amide bonds. The first-order valence-electron chi connectivity index (χ1n) is 6.60. The van der Waals surface area contributed by atoms with E-state index in [-0.39, 0.29) is 45.4 Å². The fraction of sp³-hybridized carbons (Fsp3) is 0.231. The van der Waals surface area contributed by atoms with Gasteiger partial charge in [-0.25, -0.2) is 14.8 Å². The van der Waals surface area contributed by atoms with Crippen LogP contribution in [0.25, 0.3) is 22.4 Å². The van der Waals surface area contributed by atoms with Gasteiger partial charge in [0.05, 0.1) is 24.7 Å². The van der Waals surface area contributed by atoms with Gasteiger partial charge < -0.3 is 9.47 Å². The van der Waals surface area contributed by atoms with Crippen molar-refractivity contribution in [2.24, 2.45) is 0 Å². The number of ether oxygens (including phenoxy) is 2. The summed E-state index contributed by atoms with van der Waals surface area (Å²) < 4.78 is 14.7. The third-order valence-corrected chi connectivity index (χ3v) is 3.39. The Morgan fingerprint density at radius 1 is 1.25 bits per heavy atom. The van der Waals surface area contributed by atoms with Gasteiger partial charge in [0.1, 0.15) is 11.0 Å². The monoisotopic (exact) mass is 333 g/mol. The van der Waals surface area contributed by atoms with Crippen molar-refractivity contribution in [1.29, 1.82) is 0 Å². The Labute approximate surface area is 133 Å². The molecule has 124 valence electrons. The number of hydrogen-bond donors (Lipinski definition) is 1. The Morgan fingerprint density at radius 3 is 2.46 bits per heavy atom. The van der Waals surface area contributed by atoms with E-state index >= 15 is 0 Å². The second-order valence-corrected chi connectivity index (χ2v) is 4.71. The Kier molecular flexibility index (Phi) is 3.60. The van der Waals surface area contributed by atoms with E-state index in [0.717, 1.165) is 0 Å². The molecule has 0 aliphatic carbocycles. The van der Waals surface area contributed by atoms with Gasteiger partial charge in [0.25, 0.3) is 17.4 Å². The van der Waals surface area contributed by atoms with Gasteiger partial charge in [-0.2, -0.15) is 0 Å². The topological polar surface area (TPSA) is 146 Å². The number of benzene rings is 1. The van der Waals surface area contributed by atoms with Crippen LogP contribution in [0.3, 0.4) is 0 Å². The molecule has 3 rings (SSSR count). The van der Waals surface area contributed by atoms with Crippen molar-refractivity contribution in [3.05, 3.63) is 32.3 Å². The number of H-pyrrole nitrogens is 1. The zero-order valence-corrected chi connectivity index (χ0v) is 12.8. The lowest BCUT2D eigenvalue weighted by molar-refractivity contribution is -0.385. The molecule has 0 bridgehead atoms. The fourth-order valence-electron chi connectivity index (χ4n) is 2.33. The maximum Gasteiger partial charge on any atom is 0.439 e. The number of methoxy groups -OCH3 is 2. The number of hydrogen-bond acceptors (Lipinski definition) is 9. The molecule has 1 N–H and O–H groups in total. The predicted octanol–water partition coefficient (Wildman–Crippen LogP) is 1.21. The van der Waals surface area contributed by atoms with Gasteiger partial charge in [-0.15, -0.1) is 0 Å². The zero-order chi connectivity index (χ0) is 17.4. The quantitative estimate of drug-likeness (QED) is 0.549. The van der Waals surface area contributed by atoms with Gasteiger partial charge >= 0.3 is 5.76 Å². The van der Waals surface area contributed by atoms with E-state index in [4.69, 9.17) is 9.47 Å². The molecule has 0 aliphatic rings. The van der Waals surface area contributed by atoms with Crippen LogP contribution in [0.2, 0.25) is 0 Å². The first kappa shape index (κ1) is 15.4. The molecule has 2 heterocycles.